The van der Waals surface area contributed by atoms with E-state index in [2.05, 4.69) is 5.32 Å². The number of hydrogen-bond acceptors (Lipinski definition) is 6. The second-order valence-corrected chi connectivity index (χ2v) is 6.75. The quantitative estimate of drug-likeness (QED) is 0.230. The van der Waals surface area contributed by atoms with Gasteiger partial charge in [-0.2, -0.15) is 0 Å². The molecule has 1 aliphatic rings. The number of benzene rings is 1. The van der Waals surface area contributed by atoms with E-state index in [-0.39, 0.29) is 30.1 Å². The molecule has 8 heteroatoms. The van der Waals surface area contributed by atoms with Gasteiger partial charge in [-0.15, -0.1) is 0 Å². The zero-order valence-electron chi connectivity index (χ0n) is 16.6. The smallest absolute Gasteiger partial charge is 0.262 e. The van der Waals surface area contributed by atoms with Gasteiger partial charge in [0.1, 0.15) is 11.6 Å². The average molecular weight is 401 g/mol. The van der Waals surface area contributed by atoms with Crippen molar-refractivity contribution < 1.29 is 14.3 Å². The van der Waals surface area contributed by atoms with E-state index in [1.165, 1.54) is 23.2 Å². The van der Waals surface area contributed by atoms with Gasteiger partial charge in [-0.1, -0.05) is 18.2 Å². The Kier molecular flexibility index (Phi) is 8.14. The molecule has 0 aromatic heterocycles. The van der Waals surface area contributed by atoms with Crippen LogP contribution in [0, 0.1) is 5.92 Å². The van der Waals surface area contributed by atoms with Crippen molar-refractivity contribution >= 4 is 11.6 Å². The molecule has 2 unspecified atom stereocenters. The maximum atomic E-state index is 13.4. The van der Waals surface area contributed by atoms with E-state index in [4.69, 9.17) is 11.5 Å². The number of phenols is 1. The summed E-state index contributed by atoms with van der Waals surface area (Å²) in [6, 6.07) is 6.65. The Bertz CT molecular complexity index is 817. The monoisotopic (exact) mass is 401 g/mol. The molecule has 7 nitrogen and oxygen atoms in total. The van der Waals surface area contributed by atoms with Gasteiger partial charge in [0.15, 0.2) is 0 Å². The predicted octanol–water partition coefficient (Wildman–Crippen LogP) is 2.22. The van der Waals surface area contributed by atoms with E-state index in [0.29, 0.717) is 6.54 Å². The number of hydrogen-bond donors (Lipinski definition) is 4. The zero-order valence-corrected chi connectivity index (χ0v) is 16.6. The maximum absolute atomic E-state index is 13.4. The summed E-state index contributed by atoms with van der Waals surface area (Å²) in [4.78, 5) is 12.7. The predicted molar refractivity (Wildman–Crippen MR) is 113 cm³/mol. The molecule has 1 aromatic carbocycles. The van der Waals surface area contributed by atoms with E-state index < -0.39 is 6.17 Å². The minimum Gasteiger partial charge on any atom is -0.508 e. The minimum atomic E-state index is -0.599. The van der Waals surface area contributed by atoms with Crippen LogP contribution >= 0.6 is 0 Å². The fourth-order valence-electron chi connectivity index (χ4n) is 2.77. The molecule has 0 saturated carbocycles. The second kappa shape index (κ2) is 10.6. The molecule has 0 saturated heterocycles. The molecule has 0 spiro atoms. The number of carbonyl (C=O) groups excluding carboxylic acids is 1. The first-order valence-electron chi connectivity index (χ1n) is 9.24. The van der Waals surface area contributed by atoms with Crippen molar-refractivity contribution in [2.24, 2.45) is 17.4 Å². The standard InChI is InChI=1S/C21H28FN5O2/c1-15(13-25-18-8-10-19(28)11-9-18)12-20(29)27(14-23)26(2)21(24)16-4-3-5-17(22)7-6-16/h3-12,16,21,25,28H,13-14,23-24H2,1-2H3/b15-12+. The van der Waals surface area contributed by atoms with Crippen molar-refractivity contribution in [3.05, 3.63) is 72.1 Å². The summed E-state index contributed by atoms with van der Waals surface area (Å²) in [7, 11) is 1.67. The van der Waals surface area contributed by atoms with Gasteiger partial charge in [-0.05, 0) is 48.9 Å². The maximum Gasteiger partial charge on any atom is 0.262 e. The number of nitrogens with zero attached hydrogens (tertiary/aromatic N) is 2. The highest BCUT2D eigenvalue weighted by atomic mass is 19.1. The zero-order chi connectivity index (χ0) is 21.4. The Hall–Kier alpha value is -2.94. The first kappa shape index (κ1) is 22.4. The van der Waals surface area contributed by atoms with Crippen molar-refractivity contribution in [1.82, 2.24) is 10.0 Å². The summed E-state index contributed by atoms with van der Waals surface area (Å²) >= 11 is 0. The summed E-state index contributed by atoms with van der Waals surface area (Å²) in [6.45, 7) is 2.22. The third-order valence-corrected chi connectivity index (χ3v) is 4.51. The van der Waals surface area contributed by atoms with Gasteiger partial charge >= 0.3 is 0 Å². The van der Waals surface area contributed by atoms with E-state index in [1.807, 2.05) is 6.92 Å². The molecule has 1 aromatic rings. The number of halogens is 1. The van der Waals surface area contributed by atoms with Gasteiger partial charge in [-0.25, -0.2) is 9.40 Å². The molecule has 2 rings (SSSR count). The fraction of sp³-hybridized carbons (Fsp3) is 0.286. The third-order valence-electron chi connectivity index (χ3n) is 4.51. The molecule has 0 aliphatic heterocycles. The normalized spacial score (nSPS) is 17.7. The van der Waals surface area contributed by atoms with E-state index in [9.17, 15) is 14.3 Å². The molecule has 0 fully saturated rings. The van der Waals surface area contributed by atoms with Crippen molar-refractivity contribution in [1.29, 1.82) is 0 Å². The summed E-state index contributed by atoms with van der Waals surface area (Å²) in [5, 5.41) is 15.4. The number of nitrogens with one attached hydrogen (secondary N) is 1. The molecule has 29 heavy (non-hydrogen) atoms. The fourth-order valence-corrected chi connectivity index (χ4v) is 2.77. The first-order chi connectivity index (χ1) is 13.8. The first-order valence-corrected chi connectivity index (χ1v) is 9.24. The van der Waals surface area contributed by atoms with E-state index in [0.717, 1.165) is 11.3 Å². The highest BCUT2D eigenvalue weighted by Gasteiger charge is 2.25. The number of amides is 1. The van der Waals surface area contributed by atoms with Crippen molar-refractivity contribution in [3.63, 3.8) is 0 Å². The Balaban J connectivity index is 1.99. The average Bonchev–Trinajstić information content (AvgIpc) is 2.92. The number of rotatable bonds is 8. The Labute approximate surface area is 170 Å². The summed E-state index contributed by atoms with van der Waals surface area (Å²) < 4.78 is 13.4. The topological polar surface area (TPSA) is 108 Å². The number of carbonyl (C=O) groups is 1. The number of hydrazine groups is 1. The molecule has 0 heterocycles. The molecule has 0 radical (unpaired) electrons. The lowest BCUT2D eigenvalue weighted by molar-refractivity contribution is -0.145. The minimum absolute atomic E-state index is 0.0506. The third kappa shape index (κ3) is 6.56. The number of aromatic hydroxyl groups is 1. The van der Waals surface area contributed by atoms with Crippen LogP contribution in [-0.4, -0.2) is 47.5 Å². The largest absolute Gasteiger partial charge is 0.508 e. The Morgan fingerprint density at radius 3 is 2.69 bits per heavy atom. The molecule has 6 N–H and O–H groups in total. The van der Waals surface area contributed by atoms with Crippen LogP contribution in [0.1, 0.15) is 6.92 Å². The number of phenolic OH excluding ortho intramolecular Hbond substituents is 1. The SMILES string of the molecule is C/C(=C\C(=O)N(CN)N(C)C(N)C1C=CC=C(F)C=C1)CNc1ccc(O)cc1. The van der Waals surface area contributed by atoms with Crippen molar-refractivity contribution in [2.45, 2.75) is 13.1 Å². The summed E-state index contributed by atoms with van der Waals surface area (Å²) in [5.41, 5.74) is 13.7. The molecule has 1 amide bonds. The summed E-state index contributed by atoms with van der Waals surface area (Å²) in [6.07, 6.45) is 8.61. The van der Waals surface area contributed by atoms with Crippen LogP contribution in [0.3, 0.4) is 0 Å². The van der Waals surface area contributed by atoms with Crippen molar-refractivity contribution in [3.8, 4) is 5.75 Å². The van der Waals surface area contributed by atoms with Gasteiger partial charge in [0.05, 0.1) is 12.8 Å². The van der Waals surface area contributed by atoms with Gasteiger partial charge in [0, 0.05) is 31.3 Å². The summed E-state index contributed by atoms with van der Waals surface area (Å²) in [5.74, 6) is -0.758. The number of nitrogens with two attached hydrogens (primary N) is 2. The number of allylic oxidation sites excluding steroid dienone is 4. The molecule has 0 bridgehead atoms. The molecule has 156 valence electrons. The van der Waals surface area contributed by atoms with Crippen LogP contribution in [-0.2, 0) is 4.79 Å². The molecular formula is C21H28FN5O2. The van der Waals surface area contributed by atoms with Crippen molar-refractivity contribution in [2.75, 3.05) is 25.6 Å². The van der Waals surface area contributed by atoms with Crippen LogP contribution in [0.5, 0.6) is 5.75 Å². The van der Waals surface area contributed by atoms with Crippen LogP contribution in [0.2, 0.25) is 0 Å². The Morgan fingerprint density at radius 2 is 2.03 bits per heavy atom. The van der Waals surface area contributed by atoms with E-state index >= 15 is 0 Å². The lowest BCUT2D eigenvalue weighted by atomic mass is 10.1. The number of anilines is 1. The van der Waals surface area contributed by atoms with Crippen LogP contribution in [0.15, 0.2) is 72.1 Å². The van der Waals surface area contributed by atoms with Gasteiger partial charge in [-0.3, -0.25) is 9.80 Å². The van der Waals surface area contributed by atoms with Gasteiger partial charge in [0.2, 0.25) is 0 Å². The highest BCUT2D eigenvalue weighted by molar-refractivity contribution is 5.88. The van der Waals surface area contributed by atoms with E-state index in [1.54, 1.807) is 54.6 Å². The Morgan fingerprint density at radius 1 is 1.34 bits per heavy atom. The highest BCUT2D eigenvalue weighted by Crippen LogP contribution is 2.17. The lowest BCUT2D eigenvalue weighted by Crippen LogP contribution is -2.56. The van der Waals surface area contributed by atoms with Gasteiger partial charge < -0.3 is 21.9 Å². The molecule has 2 atom stereocenters. The lowest BCUT2D eigenvalue weighted by Gasteiger charge is -2.36. The second-order valence-electron chi connectivity index (χ2n) is 6.75. The van der Waals surface area contributed by atoms with Crippen LogP contribution < -0.4 is 16.8 Å². The van der Waals surface area contributed by atoms with Crippen LogP contribution in [0.25, 0.3) is 0 Å². The molecule has 1 aliphatic carbocycles. The van der Waals surface area contributed by atoms with Crippen LogP contribution in [0.4, 0.5) is 10.1 Å². The molecular weight excluding hydrogens is 373 g/mol. The van der Waals surface area contributed by atoms with Gasteiger partial charge in [0.25, 0.3) is 5.91 Å².